The quantitative estimate of drug-likeness (QED) is 0.179. The molecule has 0 aliphatic heterocycles. The molecule has 0 aliphatic carbocycles. The molecular weight excluding hydrogens is 607 g/mol. The Bertz CT molecular complexity index is 2270. The van der Waals surface area contributed by atoms with Gasteiger partial charge < -0.3 is 0 Å². The van der Waals surface area contributed by atoms with Crippen molar-refractivity contribution < 1.29 is 0 Å². The van der Waals surface area contributed by atoms with Crippen molar-refractivity contribution in [1.82, 2.24) is 9.97 Å². The molecule has 0 aliphatic rings. The van der Waals surface area contributed by atoms with E-state index >= 15 is 0 Å². The van der Waals surface area contributed by atoms with Gasteiger partial charge in [-0.1, -0.05) is 139 Å². The molecule has 7 rings (SSSR count). The molecule has 0 unspecified atom stereocenters. The zero-order chi connectivity index (χ0) is 35.0. The zero-order valence-corrected chi connectivity index (χ0v) is 30.2. The van der Waals surface area contributed by atoms with Crippen LogP contribution in [0.3, 0.4) is 0 Å². The molecule has 5 aromatic carbocycles. The average Bonchev–Trinajstić information content (AvgIpc) is 3.11. The lowest BCUT2D eigenvalue weighted by Crippen LogP contribution is -2.16. The monoisotopic (exact) mass is 651 g/mol. The highest BCUT2D eigenvalue weighted by atomic mass is 15.2. The van der Waals surface area contributed by atoms with Crippen molar-refractivity contribution in [2.75, 3.05) is 4.90 Å². The van der Waals surface area contributed by atoms with E-state index in [9.17, 15) is 0 Å². The Morgan fingerprint density at radius 2 is 1.08 bits per heavy atom. The number of benzene rings is 5. The van der Waals surface area contributed by atoms with Crippen LogP contribution in [0.1, 0.15) is 58.2 Å². The van der Waals surface area contributed by atoms with Crippen LogP contribution in [0.15, 0.2) is 146 Å². The zero-order valence-electron chi connectivity index (χ0n) is 30.2. The number of hydrogen-bond donors (Lipinski definition) is 0. The van der Waals surface area contributed by atoms with Gasteiger partial charge in [-0.15, -0.1) is 0 Å². The van der Waals surface area contributed by atoms with E-state index in [1.807, 2.05) is 12.3 Å². The van der Waals surface area contributed by atoms with Gasteiger partial charge >= 0.3 is 0 Å². The van der Waals surface area contributed by atoms with Gasteiger partial charge in [0, 0.05) is 34.1 Å². The van der Waals surface area contributed by atoms with Gasteiger partial charge in [0.25, 0.3) is 0 Å². The molecule has 0 saturated heterocycles. The summed E-state index contributed by atoms with van der Waals surface area (Å²) in [6.45, 7) is 15.9. The molecule has 0 radical (unpaired) electrons. The minimum Gasteiger partial charge on any atom is -0.295 e. The largest absolute Gasteiger partial charge is 0.295 e. The summed E-state index contributed by atoms with van der Waals surface area (Å²) in [4.78, 5) is 12.5. The van der Waals surface area contributed by atoms with Crippen molar-refractivity contribution in [3.05, 3.63) is 162 Å². The van der Waals surface area contributed by atoms with Gasteiger partial charge in [0.05, 0.1) is 11.4 Å². The van der Waals surface area contributed by atoms with Gasteiger partial charge in [-0.2, -0.15) is 0 Å². The third-order valence-electron chi connectivity index (χ3n) is 9.50. The molecule has 3 nitrogen and oxygen atoms in total. The number of para-hydroxylation sites is 1. The second kappa shape index (κ2) is 13.1. The molecule has 248 valence electrons. The normalized spacial score (nSPS) is 11.9. The maximum absolute atomic E-state index is 5.36. The number of fused-ring (bicyclic) bond motifs is 1. The Morgan fingerprint density at radius 1 is 0.480 bits per heavy atom. The summed E-state index contributed by atoms with van der Waals surface area (Å²) in [5.41, 5.74) is 12.4. The van der Waals surface area contributed by atoms with E-state index in [1.165, 1.54) is 22.3 Å². The first-order chi connectivity index (χ1) is 23.9. The maximum Gasteiger partial charge on any atom is 0.138 e. The summed E-state index contributed by atoms with van der Waals surface area (Å²) in [6, 6.07) is 49.9. The van der Waals surface area contributed by atoms with Gasteiger partial charge in [0.1, 0.15) is 5.82 Å². The molecule has 50 heavy (non-hydrogen) atoms. The fourth-order valence-corrected chi connectivity index (χ4v) is 6.49. The standard InChI is InChI=1S/C47H45N3/c1-32-16-11-14-23-42(32)44-28-37(36-24-38(46(2,3)4)30-39(25-36)47(5,6)7)27-43(49-44)34-19-15-22-41(26-34)50(40-20-9-8-10-21-40)45-29-33-17-12-13-18-35(33)31-48-45/h8-31H,1-7H3. The summed E-state index contributed by atoms with van der Waals surface area (Å²) in [5, 5.41) is 2.27. The highest BCUT2D eigenvalue weighted by Gasteiger charge is 2.22. The predicted molar refractivity (Wildman–Crippen MR) is 213 cm³/mol. The maximum atomic E-state index is 5.36. The fraction of sp³-hybridized carbons (Fsp3) is 0.191. The number of hydrogen-bond acceptors (Lipinski definition) is 3. The fourth-order valence-electron chi connectivity index (χ4n) is 6.49. The predicted octanol–water partition coefficient (Wildman–Crippen LogP) is 13.0. The molecule has 0 spiro atoms. The number of pyridine rings is 2. The van der Waals surface area contributed by atoms with Crippen molar-refractivity contribution in [2.45, 2.75) is 59.3 Å². The third-order valence-corrected chi connectivity index (χ3v) is 9.50. The van der Waals surface area contributed by atoms with Crippen LogP contribution >= 0.6 is 0 Å². The number of aromatic nitrogens is 2. The number of rotatable bonds is 6. The van der Waals surface area contributed by atoms with Gasteiger partial charge in [0.2, 0.25) is 0 Å². The minimum absolute atomic E-state index is 0.0107. The smallest absolute Gasteiger partial charge is 0.138 e. The van der Waals surface area contributed by atoms with Crippen molar-refractivity contribution in [3.8, 4) is 33.6 Å². The molecule has 0 saturated carbocycles. The van der Waals surface area contributed by atoms with E-state index in [-0.39, 0.29) is 10.8 Å². The molecule has 0 atom stereocenters. The molecular formula is C47H45N3. The molecule has 7 aromatic rings. The molecule has 2 heterocycles. The Labute approximate surface area is 297 Å². The van der Waals surface area contributed by atoms with Crippen LogP contribution in [0.4, 0.5) is 17.2 Å². The van der Waals surface area contributed by atoms with Gasteiger partial charge in [-0.05, 0) is 93.4 Å². The second-order valence-electron chi connectivity index (χ2n) is 15.4. The van der Waals surface area contributed by atoms with Crippen LogP contribution < -0.4 is 4.90 Å². The van der Waals surface area contributed by atoms with Crippen LogP contribution in [-0.2, 0) is 10.8 Å². The van der Waals surface area contributed by atoms with Crippen LogP contribution in [-0.4, -0.2) is 9.97 Å². The van der Waals surface area contributed by atoms with Crippen LogP contribution in [0, 0.1) is 6.92 Å². The first-order valence-corrected chi connectivity index (χ1v) is 17.5. The summed E-state index contributed by atoms with van der Waals surface area (Å²) in [6.07, 6.45) is 1.96. The molecule has 0 bridgehead atoms. The topological polar surface area (TPSA) is 29.0 Å². The molecule has 0 fully saturated rings. The van der Waals surface area contributed by atoms with Gasteiger partial charge in [-0.25, -0.2) is 9.97 Å². The lowest BCUT2D eigenvalue weighted by atomic mass is 9.79. The second-order valence-corrected chi connectivity index (χ2v) is 15.4. The number of aryl methyl sites for hydroxylation is 1. The lowest BCUT2D eigenvalue weighted by Gasteiger charge is -2.26. The van der Waals surface area contributed by atoms with E-state index in [0.29, 0.717) is 0 Å². The number of anilines is 3. The number of nitrogens with zero attached hydrogens (tertiary/aromatic N) is 3. The van der Waals surface area contributed by atoms with Gasteiger partial charge in [0.15, 0.2) is 0 Å². The molecule has 2 aromatic heterocycles. The lowest BCUT2D eigenvalue weighted by molar-refractivity contribution is 0.569. The Morgan fingerprint density at radius 3 is 1.78 bits per heavy atom. The van der Waals surface area contributed by atoms with Crippen molar-refractivity contribution in [2.24, 2.45) is 0 Å². The average molecular weight is 652 g/mol. The summed E-state index contributed by atoms with van der Waals surface area (Å²) < 4.78 is 0. The Kier molecular flexibility index (Phi) is 8.61. The highest BCUT2D eigenvalue weighted by molar-refractivity contribution is 5.88. The molecule has 0 amide bonds. The summed E-state index contributed by atoms with van der Waals surface area (Å²) in [5.74, 6) is 0.864. The van der Waals surface area contributed by atoms with Crippen molar-refractivity contribution in [3.63, 3.8) is 0 Å². The first kappa shape index (κ1) is 33.0. The Hall–Kier alpha value is -5.54. The van der Waals surface area contributed by atoms with E-state index in [2.05, 4.69) is 187 Å². The summed E-state index contributed by atoms with van der Waals surface area (Å²) >= 11 is 0. The molecule has 0 N–H and O–H groups in total. The Balaban J connectivity index is 1.42. The first-order valence-electron chi connectivity index (χ1n) is 17.5. The van der Waals surface area contributed by atoms with Crippen molar-refractivity contribution >= 4 is 28.0 Å². The SMILES string of the molecule is Cc1ccccc1-c1cc(-c2cc(C(C)(C)C)cc(C(C)(C)C)c2)cc(-c2cccc(N(c3ccccc3)c3cc4ccccc4cn3)c2)n1. The van der Waals surface area contributed by atoms with Crippen LogP contribution in [0.25, 0.3) is 44.4 Å². The minimum atomic E-state index is 0.0107. The van der Waals surface area contributed by atoms with Crippen LogP contribution in [0.5, 0.6) is 0 Å². The highest BCUT2D eigenvalue weighted by Crippen LogP contribution is 2.39. The van der Waals surface area contributed by atoms with E-state index in [1.54, 1.807) is 0 Å². The van der Waals surface area contributed by atoms with E-state index < -0.39 is 0 Å². The third kappa shape index (κ3) is 6.82. The van der Waals surface area contributed by atoms with E-state index in [0.717, 1.165) is 56.0 Å². The molecule has 3 heteroatoms. The summed E-state index contributed by atoms with van der Waals surface area (Å²) in [7, 11) is 0. The van der Waals surface area contributed by atoms with E-state index in [4.69, 9.17) is 9.97 Å². The van der Waals surface area contributed by atoms with Crippen LogP contribution in [0.2, 0.25) is 0 Å². The van der Waals surface area contributed by atoms with Gasteiger partial charge in [-0.3, -0.25) is 4.90 Å². The van der Waals surface area contributed by atoms with Crippen molar-refractivity contribution in [1.29, 1.82) is 0 Å².